The summed E-state index contributed by atoms with van der Waals surface area (Å²) in [4.78, 5) is 11.9. The molecular formula is C20H34IN5. The zero-order chi connectivity index (χ0) is 17.3. The van der Waals surface area contributed by atoms with Crippen LogP contribution in [0.1, 0.15) is 32.1 Å². The van der Waals surface area contributed by atoms with Gasteiger partial charge in [0, 0.05) is 58.0 Å². The van der Waals surface area contributed by atoms with Crippen molar-refractivity contribution in [1.82, 2.24) is 9.80 Å². The predicted molar refractivity (Wildman–Crippen MR) is 122 cm³/mol. The van der Waals surface area contributed by atoms with Crippen molar-refractivity contribution in [2.24, 2.45) is 10.7 Å². The lowest BCUT2D eigenvalue weighted by atomic mass is 10.2. The molecular weight excluding hydrogens is 437 g/mol. The maximum Gasteiger partial charge on any atom is 0.191 e. The highest BCUT2D eigenvalue weighted by molar-refractivity contribution is 14.0. The summed E-state index contributed by atoms with van der Waals surface area (Å²) in [5.41, 5.74) is 7.52. The third-order valence-corrected chi connectivity index (χ3v) is 5.33. The van der Waals surface area contributed by atoms with E-state index >= 15 is 0 Å². The predicted octanol–water partition coefficient (Wildman–Crippen LogP) is 3.01. The third kappa shape index (κ3) is 6.61. The number of para-hydroxylation sites is 1. The molecule has 2 saturated heterocycles. The molecule has 0 unspecified atom stereocenters. The van der Waals surface area contributed by atoms with Crippen LogP contribution < -0.4 is 10.6 Å². The van der Waals surface area contributed by atoms with Gasteiger partial charge in [-0.15, -0.1) is 24.0 Å². The summed E-state index contributed by atoms with van der Waals surface area (Å²) in [5, 5.41) is 0. The highest BCUT2D eigenvalue weighted by Gasteiger charge is 2.16. The number of hydrogen-bond donors (Lipinski definition) is 1. The molecule has 5 nitrogen and oxygen atoms in total. The lowest BCUT2D eigenvalue weighted by molar-refractivity contribution is 0.256. The molecule has 0 saturated carbocycles. The Kier molecular flexibility index (Phi) is 9.53. The zero-order valence-corrected chi connectivity index (χ0v) is 18.2. The van der Waals surface area contributed by atoms with Crippen molar-refractivity contribution >= 4 is 35.6 Å². The standard InChI is InChI=1S/C20H33N5.HI/c21-20(25-13-6-1-2-7-14-25)22-11-8-12-23-15-17-24(18-16-23)19-9-4-3-5-10-19;/h3-5,9-10H,1-2,6-8,11-18H2,(H2,21,22);1H. The molecule has 3 rings (SSSR count). The fourth-order valence-corrected chi connectivity index (χ4v) is 3.76. The van der Waals surface area contributed by atoms with E-state index in [9.17, 15) is 0 Å². The fraction of sp³-hybridized carbons (Fsp3) is 0.650. The molecule has 0 atom stereocenters. The molecule has 2 heterocycles. The first kappa shape index (κ1) is 21.3. The minimum Gasteiger partial charge on any atom is -0.370 e. The van der Waals surface area contributed by atoms with Crippen molar-refractivity contribution in [2.45, 2.75) is 32.1 Å². The van der Waals surface area contributed by atoms with Crippen molar-refractivity contribution in [3.05, 3.63) is 30.3 Å². The Morgan fingerprint density at radius 2 is 1.54 bits per heavy atom. The largest absolute Gasteiger partial charge is 0.370 e. The summed E-state index contributed by atoms with van der Waals surface area (Å²) in [5.74, 6) is 0.760. The van der Waals surface area contributed by atoms with E-state index in [-0.39, 0.29) is 24.0 Å². The van der Waals surface area contributed by atoms with Gasteiger partial charge in [-0.3, -0.25) is 9.89 Å². The third-order valence-electron chi connectivity index (χ3n) is 5.33. The van der Waals surface area contributed by atoms with Gasteiger partial charge in [0.1, 0.15) is 0 Å². The summed E-state index contributed by atoms with van der Waals surface area (Å²) >= 11 is 0. The lowest BCUT2D eigenvalue weighted by Crippen LogP contribution is -2.46. The minimum absolute atomic E-state index is 0. The van der Waals surface area contributed by atoms with Gasteiger partial charge in [0.15, 0.2) is 5.96 Å². The van der Waals surface area contributed by atoms with Crippen molar-refractivity contribution in [2.75, 3.05) is 57.3 Å². The number of nitrogens with zero attached hydrogens (tertiary/aromatic N) is 4. The zero-order valence-electron chi connectivity index (χ0n) is 15.9. The summed E-state index contributed by atoms with van der Waals surface area (Å²) in [7, 11) is 0. The normalized spacial score (nSPS) is 19.8. The SMILES string of the molecule is I.NC(=NCCCN1CCN(c2ccccc2)CC1)N1CCCCCC1. The van der Waals surface area contributed by atoms with Gasteiger partial charge >= 0.3 is 0 Å². The van der Waals surface area contributed by atoms with Crippen molar-refractivity contribution in [3.63, 3.8) is 0 Å². The van der Waals surface area contributed by atoms with E-state index in [1.54, 1.807) is 0 Å². The number of hydrogen-bond acceptors (Lipinski definition) is 3. The fourth-order valence-electron chi connectivity index (χ4n) is 3.76. The number of aliphatic imine (C=N–C) groups is 1. The Bertz CT molecular complexity index is 520. The van der Waals surface area contributed by atoms with Crippen LogP contribution >= 0.6 is 24.0 Å². The molecule has 2 aliphatic rings. The van der Waals surface area contributed by atoms with Gasteiger partial charge in [-0.1, -0.05) is 31.0 Å². The molecule has 2 N–H and O–H groups in total. The monoisotopic (exact) mass is 471 g/mol. The maximum absolute atomic E-state index is 6.18. The Morgan fingerprint density at radius 3 is 2.19 bits per heavy atom. The van der Waals surface area contributed by atoms with E-state index < -0.39 is 0 Å². The first-order valence-electron chi connectivity index (χ1n) is 9.90. The van der Waals surface area contributed by atoms with Crippen molar-refractivity contribution in [1.29, 1.82) is 0 Å². The minimum atomic E-state index is 0. The van der Waals surface area contributed by atoms with Crippen molar-refractivity contribution < 1.29 is 0 Å². The van der Waals surface area contributed by atoms with Gasteiger partial charge in [-0.25, -0.2) is 0 Å². The highest BCUT2D eigenvalue weighted by atomic mass is 127. The van der Waals surface area contributed by atoms with Crippen LogP contribution in [0.5, 0.6) is 0 Å². The average molecular weight is 471 g/mol. The molecule has 0 spiro atoms. The summed E-state index contributed by atoms with van der Waals surface area (Å²) < 4.78 is 0. The quantitative estimate of drug-likeness (QED) is 0.311. The van der Waals surface area contributed by atoms with Crippen LogP contribution in [-0.4, -0.2) is 68.1 Å². The smallest absolute Gasteiger partial charge is 0.191 e. The van der Waals surface area contributed by atoms with Gasteiger partial charge in [0.2, 0.25) is 0 Å². The van der Waals surface area contributed by atoms with Crippen LogP contribution in [-0.2, 0) is 0 Å². The van der Waals surface area contributed by atoms with E-state index in [1.165, 1.54) is 31.4 Å². The molecule has 0 aromatic heterocycles. The van der Waals surface area contributed by atoms with Crippen LogP contribution in [0.25, 0.3) is 0 Å². The van der Waals surface area contributed by atoms with E-state index in [1.807, 2.05) is 0 Å². The van der Waals surface area contributed by atoms with Gasteiger partial charge in [-0.2, -0.15) is 0 Å². The number of benzene rings is 1. The Hall–Kier alpha value is -1.02. The van der Waals surface area contributed by atoms with E-state index in [0.29, 0.717) is 0 Å². The van der Waals surface area contributed by atoms with Gasteiger partial charge in [0.25, 0.3) is 0 Å². The molecule has 2 aliphatic heterocycles. The number of halogens is 1. The molecule has 0 radical (unpaired) electrons. The molecule has 1 aromatic carbocycles. The Labute approximate surface area is 175 Å². The Balaban J connectivity index is 0.00000243. The number of nitrogens with two attached hydrogens (primary N) is 1. The maximum atomic E-state index is 6.18. The summed E-state index contributed by atoms with van der Waals surface area (Å²) in [6, 6.07) is 10.7. The van der Waals surface area contributed by atoms with Crippen LogP contribution in [0, 0.1) is 0 Å². The lowest BCUT2D eigenvalue weighted by Gasteiger charge is -2.36. The van der Waals surface area contributed by atoms with E-state index in [2.05, 4.69) is 50.0 Å². The molecule has 6 heteroatoms. The van der Waals surface area contributed by atoms with Crippen LogP contribution in [0.4, 0.5) is 5.69 Å². The summed E-state index contributed by atoms with van der Waals surface area (Å²) in [6.07, 6.45) is 6.27. The molecule has 0 aliphatic carbocycles. The van der Waals surface area contributed by atoms with Crippen LogP contribution in [0.2, 0.25) is 0 Å². The molecule has 0 amide bonds. The number of likely N-dealkylation sites (tertiary alicyclic amines) is 1. The van der Waals surface area contributed by atoms with Gasteiger partial charge < -0.3 is 15.5 Å². The first-order valence-corrected chi connectivity index (χ1v) is 9.90. The van der Waals surface area contributed by atoms with Gasteiger partial charge in [-0.05, 0) is 31.4 Å². The van der Waals surface area contributed by atoms with Crippen LogP contribution in [0.3, 0.4) is 0 Å². The Morgan fingerprint density at radius 1 is 0.885 bits per heavy atom. The molecule has 146 valence electrons. The van der Waals surface area contributed by atoms with Crippen molar-refractivity contribution in [3.8, 4) is 0 Å². The van der Waals surface area contributed by atoms with E-state index in [4.69, 9.17) is 5.73 Å². The number of anilines is 1. The molecule has 1 aromatic rings. The average Bonchev–Trinajstić information content (AvgIpc) is 2.96. The number of rotatable bonds is 5. The molecule has 0 bridgehead atoms. The molecule has 26 heavy (non-hydrogen) atoms. The number of guanidine groups is 1. The second-order valence-electron chi connectivity index (χ2n) is 7.16. The second kappa shape index (κ2) is 11.6. The topological polar surface area (TPSA) is 48.1 Å². The van der Waals surface area contributed by atoms with E-state index in [0.717, 1.165) is 64.7 Å². The first-order chi connectivity index (χ1) is 12.3. The number of piperazine rings is 1. The van der Waals surface area contributed by atoms with Crippen LogP contribution in [0.15, 0.2) is 35.3 Å². The second-order valence-corrected chi connectivity index (χ2v) is 7.16. The molecule has 2 fully saturated rings. The summed E-state index contributed by atoms with van der Waals surface area (Å²) in [6.45, 7) is 8.64. The highest BCUT2D eigenvalue weighted by Crippen LogP contribution is 2.15. The van der Waals surface area contributed by atoms with Gasteiger partial charge in [0.05, 0.1) is 0 Å².